The van der Waals surface area contributed by atoms with E-state index in [9.17, 15) is 0 Å². The quantitative estimate of drug-likeness (QED) is 0.762. The summed E-state index contributed by atoms with van der Waals surface area (Å²) in [7, 11) is 0. The van der Waals surface area contributed by atoms with Crippen LogP contribution >= 0.6 is 22.9 Å². The minimum absolute atomic E-state index is 0.138. The molecule has 1 aromatic heterocycles. The molecule has 2 unspecified atom stereocenters. The molecule has 2 rings (SSSR count). The minimum atomic E-state index is -0.138. The van der Waals surface area contributed by atoms with Gasteiger partial charge < -0.3 is 4.74 Å². The highest BCUT2D eigenvalue weighted by atomic mass is 35.5. The lowest BCUT2D eigenvalue weighted by molar-refractivity contribution is -0.0820. The van der Waals surface area contributed by atoms with Gasteiger partial charge in [-0.15, -0.1) is 22.9 Å². The third-order valence-corrected chi connectivity index (χ3v) is 5.08. The van der Waals surface area contributed by atoms with E-state index in [2.05, 4.69) is 18.8 Å². The predicted octanol–water partition coefficient (Wildman–Crippen LogP) is 4.32. The fourth-order valence-corrected chi connectivity index (χ4v) is 3.92. The second-order valence-electron chi connectivity index (χ2n) is 4.89. The van der Waals surface area contributed by atoms with Crippen molar-refractivity contribution in [3.63, 3.8) is 0 Å². The first kappa shape index (κ1) is 13.3. The Morgan fingerprint density at radius 3 is 3.06 bits per heavy atom. The van der Waals surface area contributed by atoms with Crippen LogP contribution < -0.4 is 0 Å². The van der Waals surface area contributed by atoms with Crippen molar-refractivity contribution in [3.05, 3.63) is 16.1 Å². The molecule has 2 atom stereocenters. The number of rotatable bonds is 4. The van der Waals surface area contributed by atoms with E-state index >= 15 is 0 Å². The number of ether oxygens (including phenoxy) is 1. The van der Waals surface area contributed by atoms with E-state index in [4.69, 9.17) is 16.3 Å². The highest BCUT2D eigenvalue weighted by Gasteiger charge is 2.39. The summed E-state index contributed by atoms with van der Waals surface area (Å²) in [5, 5.41) is 1.13. The maximum absolute atomic E-state index is 6.09. The summed E-state index contributed by atoms with van der Waals surface area (Å²) in [5.41, 5.74) is -0.138. The van der Waals surface area contributed by atoms with E-state index in [0.717, 1.165) is 35.3 Å². The molecule has 0 saturated heterocycles. The van der Waals surface area contributed by atoms with Crippen LogP contribution in [0.25, 0.3) is 0 Å². The monoisotopic (exact) mass is 273 g/mol. The Balaban J connectivity index is 2.26. The first-order valence-electron chi connectivity index (χ1n) is 6.35. The molecule has 0 bridgehead atoms. The number of aromatic nitrogens is 1. The number of hydrogen-bond donors (Lipinski definition) is 0. The molecule has 1 fully saturated rings. The summed E-state index contributed by atoms with van der Waals surface area (Å²) in [6.45, 7) is 5.13. The second kappa shape index (κ2) is 5.68. The van der Waals surface area contributed by atoms with Crippen LogP contribution in [-0.2, 0) is 16.2 Å². The average Bonchev–Trinajstić information content (AvgIpc) is 2.78. The van der Waals surface area contributed by atoms with Crippen LogP contribution in [0.15, 0.2) is 6.20 Å². The Morgan fingerprint density at radius 1 is 1.65 bits per heavy atom. The number of halogens is 1. The van der Waals surface area contributed by atoms with Crippen molar-refractivity contribution in [2.45, 2.75) is 51.0 Å². The van der Waals surface area contributed by atoms with Crippen LogP contribution in [0.1, 0.15) is 49.4 Å². The van der Waals surface area contributed by atoms with Gasteiger partial charge in [0.15, 0.2) is 0 Å². The molecule has 0 aromatic carbocycles. The van der Waals surface area contributed by atoms with Crippen LogP contribution in [0.4, 0.5) is 0 Å². The van der Waals surface area contributed by atoms with Crippen LogP contribution in [0.5, 0.6) is 0 Å². The van der Waals surface area contributed by atoms with Crippen LogP contribution in [0, 0.1) is 5.92 Å². The van der Waals surface area contributed by atoms with E-state index in [0.29, 0.717) is 5.88 Å². The zero-order valence-corrected chi connectivity index (χ0v) is 12.1. The molecule has 1 aliphatic carbocycles. The van der Waals surface area contributed by atoms with E-state index in [1.807, 2.05) is 6.20 Å². The van der Waals surface area contributed by atoms with Gasteiger partial charge >= 0.3 is 0 Å². The van der Waals surface area contributed by atoms with Gasteiger partial charge in [0.2, 0.25) is 0 Å². The smallest absolute Gasteiger partial charge is 0.125 e. The maximum atomic E-state index is 6.09. The molecule has 1 heterocycles. The lowest BCUT2D eigenvalue weighted by atomic mass is 9.79. The van der Waals surface area contributed by atoms with Gasteiger partial charge in [0.05, 0.1) is 5.88 Å². The van der Waals surface area contributed by atoms with Crippen LogP contribution in [0.2, 0.25) is 0 Å². The first-order chi connectivity index (χ1) is 8.20. The molecule has 0 spiro atoms. The molecule has 0 radical (unpaired) electrons. The van der Waals surface area contributed by atoms with Crippen molar-refractivity contribution in [3.8, 4) is 0 Å². The Labute approximate surface area is 112 Å². The van der Waals surface area contributed by atoms with E-state index < -0.39 is 0 Å². The summed E-state index contributed by atoms with van der Waals surface area (Å²) in [6, 6.07) is 0. The molecular formula is C13H20ClNOS. The highest BCUT2D eigenvalue weighted by molar-refractivity contribution is 7.11. The Bertz CT molecular complexity index is 364. The molecule has 1 aliphatic rings. The SMILES string of the molecule is CCOC1(c2ncc(CCl)s2)CCCC(C)C1. The Morgan fingerprint density at radius 2 is 2.47 bits per heavy atom. The van der Waals surface area contributed by atoms with Crippen molar-refractivity contribution in [1.82, 2.24) is 4.98 Å². The Kier molecular flexibility index (Phi) is 4.45. The summed E-state index contributed by atoms with van der Waals surface area (Å²) in [6.07, 6.45) is 6.63. The molecule has 1 saturated carbocycles. The van der Waals surface area contributed by atoms with Gasteiger partial charge in [-0.25, -0.2) is 4.98 Å². The third-order valence-electron chi connectivity index (χ3n) is 3.45. The first-order valence-corrected chi connectivity index (χ1v) is 7.70. The summed E-state index contributed by atoms with van der Waals surface area (Å²) in [4.78, 5) is 5.68. The Hall–Kier alpha value is -0.120. The van der Waals surface area contributed by atoms with Gasteiger partial charge in [0, 0.05) is 17.7 Å². The van der Waals surface area contributed by atoms with Gasteiger partial charge in [-0.3, -0.25) is 0 Å². The lowest BCUT2D eigenvalue weighted by Crippen LogP contribution is -2.35. The molecule has 96 valence electrons. The maximum Gasteiger partial charge on any atom is 0.125 e. The molecule has 0 N–H and O–H groups in total. The second-order valence-corrected chi connectivity index (χ2v) is 6.28. The average molecular weight is 274 g/mol. The van der Waals surface area contributed by atoms with Gasteiger partial charge in [0.1, 0.15) is 10.6 Å². The molecule has 0 amide bonds. The molecule has 17 heavy (non-hydrogen) atoms. The van der Waals surface area contributed by atoms with Crippen LogP contribution in [0.3, 0.4) is 0 Å². The molecule has 1 aromatic rings. The van der Waals surface area contributed by atoms with E-state index in [1.165, 1.54) is 12.8 Å². The lowest BCUT2D eigenvalue weighted by Gasteiger charge is -2.38. The normalized spacial score (nSPS) is 29.5. The van der Waals surface area contributed by atoms with Gasteiger partial charge in [-0.05, 0) is 32.1 Å². The van der Waals surface area contributed by atoms with Crippen molar-refractivity contribution in [1.29, 1.82) is 0 Å². The molecule has 2 nitrogen and oxygen atoms in total. The topological polar surface area (TPSA) is 22.1 Å². The summed E-state index contributed by atoms with van der Waals surface area (Å²) in [5.74, 6) is 1.27. The standard InChI is InChI=1S/C13H20ClNOS/c1-3-16-13(6-4-5-10(2)7-13)12-15-9-11(8-14)17-12/h9-10H,3-8H2,1-2H3. The summed E-state index contributed by atoms with van der Waals surface area (Å²) < 4.78 is 6.09. The predicted molar refractivity (Wildman–Crippen MR) is 72.6 cm³/mol. The zero-order chi connectivity index (χ0) is 12.3. The molecule has 0 aliphatic heterocycles. The largest absolute Gasteiger partial charge is 0.368 e. The zero-order valence-electron chi connectivity index (χ0n) is 10.5. The fraction of sp³-hybridized carbons (Fsp3) is 0.769. The molecular weight excluding hydrogens is 254 g/mol. The van der Waals surface area contributed by atoms with Crippen molar-refractivity contribution in [2.24, 2.45) is 5.92 Å². The van der Waals surface area contributed by atoms with Crippen molar-refractivity contribution in [2.75, 3.05) is 6.61 Å². The number of nitrogens with zero attached hydrogens (tertiary/aromatic N) is 1. The van der Waals surface area contributed by atoms with E-state index in [1.54, 1.807) is 11.3 Å². The van der Waals surface area contributed by atoms with Crippen LogP contribution in [-0.4, -0.2) is 11.6 Å². The number of alkyl halides is 1. The van der Waals surface area contributed by atoms with Crippen molar-refractivity contribution < 1.29 is 4.74 Å². The highest BCUT2D eigenvalue weighted by Crippen LogP contribution is 2.44. The van der Waals surface area contributed by atoms with E-state index in [-0.39, 0.29) is 5.60 Å². The van der Waals surface area contributed by atoms with Gasteiger partial charge in [-0.2, -0.15) is 0 Å². The van der Waals surface area contributed by atoms with Gasteiger partial charge in [0.25, 0.3) is 0 Å². The minimum Gasteiger partial charge on any atom is -0.368 e. The van der Waals surface area contributed by atoms with Crippen molar-refractivity contribution >= 4 is 22.9 Å². The fourth-order valence-electron chi connectivity index (χ4n) is 2.75. The third kappa shape index (κ3) is 2.83. The molecule has 4 heteroatoms. The summed E-state index contributed by atoms with van der Waals surface area (Å²) >= 11 is 7.57. The number of hydrogen-bond acceptors (Lipinski definition) is 3. The number of thiazole rings is 1. The van der Waals surface area contributed by atoms with Gasteiger partial charge in [-0.1, -0.05) is 13.3 Å².